The number of carboxylic acids is 1. The molecule has 1 rings (SSSR count). The Balaban J connectivity index is 2.61. The normalized spacial score (nSPS) is 23.4. The predicted molar refractivity (Wildman–Crippen MR) is 55.2 cm³/mol. The molecule has 0 aromatic carbocycles. The fraction of sp³-hybridized carbons (Fsp3) is 0.600. The molecular weight excluding hydrogens is 180 g/mol. The summed E-state index contributed by atoms with van der Waals surface area (Å²) in [6.07, 6.45) is 4.35. The summed E-state index contributed by atoms with van der Waals surface area (Å²) in [5.74, 6) is -0.0725. The van der Waals surface area contributed by atoms with E-state index in [4.69, 9.17) is 5.11 Å². The van der Waals surface area contributed by atoms with Crippen molar-refractivity contribution in [2.24, 2.45) is 10.9 Å². The standard InChI is InChI=1S/C10H16N2O2/c1-3-9(11-4-2)12-6-5-8(7-12)10(13)14/h3-4,8H,5-7H2,1-2H3,(H,13,14)/b9-3+,11-4?/t8-/m1/s1. The number of rotatable bonds is 3. The molecule has 0 aliphatic carbocycles. The van der Waals surface area contributed by atoms with Gasteiger partial charge in [-0.2, -0.15) is 0 Å². The van der Waals surface area contributed by atoms with E-state index in [-0.39, 0.29) is 5.92 Å². The van der Waals surface area contributed by atoms with E-state index in [1.165, 1.54) is 0 Å². The van der Waals surface area contributed by atoms with Gasteiger partial charge in [-0.3, -0.25) is 4.79 Å². The number of aliphatic carboxylic acids is 1. The van der Waals surface area contributed by atoms with Crippen LogP contribution in [-0.2, 0) is 4.79 Å². The van der Waals surface area contributed by atoms with Crippen molar-refractivity contribution in [1.29, 1.82) is 0 Å². The molecule has 78 valence electrons. The zero-order valence-corrected chi connectivity index (χ0v) is 8.60. The molecule has 1 atom stereocenters. The first-order chi connectivity index (χ1) is 6.69. The van der Waals surface area contributed by atoms with Crippen LogP contribution in [0.1, 0.15) is 20.3 Å². The number of allylic oxidation sites excluding steroid dienone is 1. The van der Waals surface area contributed by atoms with E-state index in [2.05, 4.69) is 4.99 Å². The van der Waals surface area contributed by atoms with Crippen LogP contribution in [0.25, 0.3) is 0 Å². The Labute approximate surface area is 83.9 Å². The average Bonchev–Trinajstić information content (AvgIpc) is 2.63. The number of nitrogens with zero attached hydrogens (tertiary/aromatic N) is 2. The van der Waals surface area contributed by atoms with Crippen LogP contribution in [0.2, 0.25) is 0 Å². The molecule has 1 heterocycles. The van der Waals surface area contributed by atoms with Crippen molar-refractivity contribution in [2.75, 3.05) is 13.1 Å². The largest absolute Gasteiger partial charge is 0.481 e. The summed E-state index contributed by atoms with van der Waals surface area (Å²) in [5, 5.41) is 8.83. The predicted octanol–water partition coefficient (Wildman–Crippen LogP) is 1.34. The van der Waals surface area contributed by atoms with E-state index in [0.717, 1.165) is 12.4 Å². The molecule has 1 aliphatic rings. The molecule has 0 bridgehead atoms. The van der Waals surface area contributed by atoms with Crippen molar-refractivity contribution < 1.29 is 9.90 Å². The van der Waals surface area contributed by atoms with Gasteiger partial charge in [0.2, 0.25) is 0 Å². The highest BCUT2D eigenvalue weighted by molar-refractivity contribution is 5.70. The molecule has 0 unspecified atom stereocenters. The Hall–Kier alpha value is -1.32. The Morgan fingerprint density at radius 3 is 2.71 bits per heavy atom. The van der Waals surface area contributed by atoms with Crippen LogP contribution in [0.15, 0.2) is 16.9 Å². The number of likely N-dealkylation sites (tertiary alicyclic amines) is 1. The van der Waals surface area contributed by atoms with Crippen LogP contribution in [0.4, 0.5) is 0 Å². The monoisotopic (exact) mass is 196 g/mol. The molecule has 1 saturated heterocycles. The molecule has 4 nitrogen and oxygen atoms in total. The maximum absolute atomic E-state index is 10.7. The number of carboxylic acid groups (broad SMARTS) is 1. The van der Waals surface area contributed by atoms with Gasteiger partial charge >= 0.3 is 5.97 Å². The number of carbonyl (C=O) groups is 1. The molecule has 0 saturated carbocycles. The quantitative estimate of drug-likeness (QED) is 0.693. The molecular formula is C10H16N2O2. The maximum atomic E-state index is 10.7. The molecule has 0 spiro atoms. The number of hydrogen-bond donors (Lipinski definition) is 1. The van der Waals surface area contributed by atoms with Crippen molar-refractivity contribution in [1.82, 2.24) is 4.90 Å². The fourth-order valence-electron chi connectivity index (χ4n) is 1.64. The van der Waals surface area contributed by atoms with Crippen molar-refractivity contribution in [2.45, 2.75) is 20.3 Å². The van der Waals surface area contributed by atoms with Gasteiger partial charge in [0, 0.05) is 19.3 Å². The number of aliphatic imine (C=N–C) groups is 1. The molecule has 1 N–H and O–H groups in total. The lowest BCUT2D eigenvalue weighted by Gasteiger charge is -2.17. The SMILES string of the molecule is CC=N/C(=C\C)N1CC[C@@H](C(=O)O)C1. The van der Waals surface area contributed by atoms with Crippen molar-refractivity contribution in [3.63, 3.8) is 0 Å². The molecule has 0 aromatic heterocycles. The van der Waals surface area contributed by atoms with Crippen LogP contribution in [0.3, 0.4) is 0 Å². The Kier molecular flexibility index (Phi) is 3.68. The highest BCUT2D eigenvalue weighted by Gasteiger charge is 2.28. The van der Waals surface area contributed by atoms with Crippen LogP contribution < -0.4 is 0 Å². The highest BCUT2D eigenvalue weighted by Crippen LogP contribution is 2.20. The van der Waals surface area contributed by atoms with E-state index >= 15 is 0 Å². The van der Waals surface area contributed by atoms with Gasteiger partial charge in [0.25, 0.3) is 0 Å². The third-order valence-electron chi connectivity index (χ3n) is 2.38. The van der Waals surface area contributed by atoms with Gasteiger partial charge < -0.3 is 10.0 Å². The summed E-state index contributed by atoms with van der Waals surface area (Å²) < 4.78 is 0. The lowest BCUT2D eigenvalue weighted by atomic mass is 10.1. The first-order valence-electron chi connectivity index (χ1n) is 4.81. The molecule has 0 radical (unpaired) electrons. The lowest BCUT2D eigenvalue weighted by molar-refractivity contribution is -0.141. The highest BCUT2D eigenvalue weighted by atomic mass is 16.4. The van der Waals surface area contributed by atoms with Gasteiger partial charge in [-0.15, -0.1) is 0 Å². The van der Waals surface area contributed by atoms with Crippen molar-refractivity contribution in [3.05, 3.63) is 11.9 Å². The van der Waals surface area contributed by atoms with Crippen molar-refractivity contribution >= 4 is 12.2 Å². The average molecular weight is 196 g/mol. The zero-order chi connectivity index (χ0) is 10.6. The topological polar surface area (TPSA) is 52.9 Å². The summed E-state index contributed by atoms with van der Waals surface area (Å²) >= 11 is 0. The van der Waals surface area contributed by atoms with Gasteiger partial charge in [0.15, 0.2) is 0 Å². The van der Waals surface area contributed by atoms with Crippen LogP contribution >= 0.6 is 0 Å². The third-order valence-corrected chi connectivity index (χ3v) is 2.38. The Bertz CT molecular complexity index is 271. The minimum absolute atomic E-state index is 0.239. The van der Waals surface area contributed by atoms with Crippen LogP contribution in [0, 0.1) is 5.92 Å². The summed E-state index contributed by atoms with van der Waals surface area (Å²) in [6.45, 7) is 5.13. The van der Waals surface area contributed by atoms with Gasteiger partial charge in [0.05, 0.1) is 5.92 Å². The summed E-state index contributed by atoms with van der Waals surface area (Å²) in [6, 6.07) is 0. The Morgan fingerprint density at radius 2 is 2.29 bits per heavy atom. The van der Waals surface area contributed by atoms with E-state index in [0.29, 0.717) is 13.0 Å². The molecule has 1 fully saturated rings. The maximum Gasteiger partial charge on any atom is 0.308 e. The van der Waals surface area contributed by atoms with Gasteiger partial charge in [-0.1, -0.05) is 0 Å². The number of hydrogen-bond acceptors (Lipinski definition) is 3. The minimum atomic E-state index is -0.705. The van der Waals surface area contributed by atoms with Gasteiger partial charge in [0.1, 0.15) is 5.82 Å². The third kappa shape index (κ3) is 2.34. The van der Waals surface area contributed by atoms with E-state index in [1.54, 1.807) is 6.21 Å². The molecule has 4 heteroatoms. The lowest BCUT2D eigenvalue weighted by Crippen LogP contribution is -2.22. The van der Waals surface area contributed by atoms with E-state index in [1.807, 2.05) is 24.8 Å². The Morgan fingerprint density at radius 1 is 1.57 bits per heavy atom. The first-order valence-corrected chi connectivity index (χ1v) is 4.81. The second kappa shape index (κ2) is 4.79. The van der Waals surface area contributed by atoms with Gasteiger partial charge in [-0.25, -0.2) is 4.99 Å². The molecule has 1 aliphatic heterocycles. The second-order valence-electron chi connectivity index (χ2n) is 3.30. The molecule has 14 heavy (non-hydrogen) atoms. The van der Waals surface area contributed by atoms with E-state index < -0.39 is 5.97 Å². The minimum Gasteiger partial charge on any atom is -0.481 e. The zero-order valence-electron chi connectivity index (χ0n) is 8.60. The van der Waals surface area contributed by atoms with Crippen LogP contribution in [0.5, 0.6) is 0 Å². The first kappa shape index (κ1) is 10.8. The summed E-state index contributed by atoms with van der Waals surface area (Å²) in [5.41, 5.74) is 0. The molecule has 0 aromatic rings. The van der Waals surface area contributed by atoms with E-state index in [9.17, 15) is 4.79 Å². The van der Waals surface area contributed by atoms with Crippen LogP contribution in [-0.4, -0.2) is 35.3 Å². The second-order valence-corrected chi connectivity index (χ2v) is 3.30. The molecule has 0 amide bonds. The smallest absolute Gasteiger partial charge is 0.308 e. The summed E-state index contributed by atoms with van der Waals surface area (Å²) in [4.78, 5) is 16.9. The fourth-order valence-corrected chi connectivity index (χ4v) is 1.64. The van der Waals surface area contributed by atoms with Gasteiger partial charge in [-0.05, 0) is 26.3 Å². The van der Waals surface area contributed by atoms with Crippen molar-refractivity contribution in [3.8, 4) is 0 Å². The summed E-state index contributed by atoms with van der Waals surface area (Å²) in [7, 11) is 0.